The van der Waals surface area contributed by atoms with Crippen molar-refractivity contribution < 1.29 is 9.18 Å². The van der Waals surface area contributed by atoms with Gasteiger partial charge in [-0.3, -0.25) is 9.48 Å². The summed E-state index contributed by atoms with van der Waals surface area (Å²) in [6.07, 6.45) is 0. The molecule has 6 heteroatoms. The van der Waals surface area contributed by atoms with Gasteiger partial charge in [-0.2, -0.15) is 5.10 Å². The van der Waals surface area contributed by atoms with Crippen molar-refractivity contribution in [2.24, 2.45) is 0 Å². The van der Waals surface area contributed by atoms with E-state index in [4.69, 9.17) is 5.73 Å². The summed E-state index contributed by atoms with van der Waals surface area (Å²) in [6, 6.07) is 5.77. The predicted molar refractivity (Wildman–Crippen MR) is 79.3 cm³/mol. The molecular weight excluding hydrogens is 271 g/mol. The Kier molecular flexibility index (Phi) is 4.26. The van der Waals surface area contributed by atoms with Crippen LogP contribution in [-0.4, -0.2) is 15.7 Å². The van der Waals surface area contributed by atoms with Gasteiger partial charge in [0.2, 0.25) is 0 Å². The van der Waals surface area contributed by atoms with Gasteiger partial charge in [-0.1, -0.05) is 12.1 Å². The zero-order valence-corrected chi connectivity index (χ0v) is 12.4. The Bertz CT molecular complexity index is 648. The Hall–Kier alpha value is -2.37. The third kappa shape index (κ3) is 3.04. The van der Waals surface area contributed by atoms with Crippen LogP contribution in [0.1, 0.15) is 41.6 Å². The molecule has 0 aliphatic carbocycles. The summed E-state index contributed by atoms with van der Waals surface area (Å²) in [5, 5.41) is 7.08. The first kappa shape index (κ1) is 15.0. The zero-order chi connectivity index (χ0) is 15.6. The summed E-state index contributed by atoms with van der Waals surface area (Å²) in [4.78, 5) is 12.4. The fraction of sp³-hybridized carbons (Fsp3) is 0.333. The maximum Gasteiger partial charge on any atom is 0.272 e. The van der Waals surface area contributed by atoms with E-state index < -0.39 is 0 Å². The predicted octanol–water partition coefficient (Wildman–Crippen LogP) is 2.42. The minimum Gasteiger partial charge on any atom is -0.395 e. The number of aryl methyl sites for hydroxylation is 2. The highest BCUT2D eigenvalue weighted by Crippen LogP contribution is 2.19. The van der Waals surface area contributed by atoms with Crippen LogP contribution < -0.4 is 11.1 Å². The molecule has 0 radical (unpaired) electrons. The van der Waals surface area contributed by atoms with Gasteiger partial charge >= 0.3 is 0 Å². The summed E-state index contributed by atoms with van der Waals surface area (Å²) in [6.45, 7) is 6.06. The van der Waals surface area contributed by atoms with Gasteiger partial charge in [0, 0.05) is 6.54 Å². The highest BCUT2D eigenvalue weighted by atomic mass is 19.1. The van der Waals surface area contributed by atoms with Crippen LogP contribution in [0.25, 0.3) is 0 Å². The van der Waals surface area contributed by atoms with Gasteiger partial charge in [-0.15, -0.1) is 0 Å². The second kappa shape index (κ2) is 5.95. The van der Waals surface area contributed by atoms with E-state index in [0.29, 0.717) is 23.6 Å². The largest absolute Gasteiger partial charge is 0.395 e. The van der Waals surface area contributed by atoms with Gasteiger partial charge in [0.05, 0.1) is 17.4 Å². The van der Waals surface area contributed by atoms with Crippen molar-refractivity contribution in [2.45, 2.75) is 33.4 Å². The van der Waals surface area contributed by atoms with E-state index >= 15 is 0 Å². The number of amides is 1. The lowest BCUT2D eigenvalue weighted by Crippen LogP contribution is -2.29. The van der Waals surface area contributed by atoms with Gasteiger partial charge in [-0.05, 0) is 38.5 Å². The minimum atomic E-state index is -0.304. The monoisotopic (exact) mass is 290 g/mol. The lowest BCUT2D eigenvalue weighted by atomic mass is 10.1. The van der Waals surface area contributed by atoms with E-state index in [-0.39, 0.29) is 17.8 Å². The van der Waals surface area contributed by atoms with Crippen LogP contribution in [0.4, 0.5) is 10.1 Å². The summed E-state index contributed by atoms with van der Waals surface area (Å²) in [7, 11) is 0. The fourth-order valence-electron chi connectivity index (χ4n) is 2.16. The van der Waals surface area contributed by atoms with E-state index in [1.54, 1.807) is 23.7 Å². The first-order chi connectivity index (χ1) is 9.93. The molecule has 1 heterocycles. The van der Waals surface area contributed by atoms with E-state index in [1.807, 2.05) is 13.8 Å². The van der Waals surface area contributed by atoms with Gasteiger partial charge < -0.3 is 11.1 Å². The molecule has 0 aliphatic heterocycles. The molecule has 5 nitrogen and oxygen atoms in total. The van der Waals surface area contributed by atoms with Crippen molar-refractivity contribution >= 4 is 11.6 Å². The molecule has 21 heavy (non-hydrogen) atoms. The molecule has 0 fully saturated rings. The summed E-state index contributed by atoms with van der Waals surface area (Å²) in [5.41, 5.74) is 8.13. The molecule has 0 saturated carbocycles. The Morgan fingerprint density at radius 2 is 2.05 bits per heavy atom. The average molecular weight is 290 g/mol. The molecule has 0 bridgehead atoms. The van der Waals surface area contributed by atoms with Crippen molar-refractivity contribution in [1.29, 1.82) is 0 Å². The van der Waals surface area contributed by atoms with Crippen LogP contribution >= 0.6 is 0 Å². The van der Waals surface area contributed by atoms with Crippen molar-refractivity contribution in [3.63, 3.8) is 0 Å². The topological polar surface area (TPSA) is 72.9 Å². The number of hydrogen-bond donors (Lipinski definition) is 2. The van der Waals surface area contributed by atoms with Crippen LogP contribution in [0.15, 0.2) is 24.3 Å². The number of rotatable bonds is 4. The van der Waals surface area contributed by atoms with E-state index in [2.05, 4.69) is 10.4 Å². The summed E-state index contributed by atoms with van der Waals surface area (Å²) in [5.74, 6) is -0.590. The number of carbonyl (C=O) groups excluding carboxylic acids is 1. The highest BCUT2D eigenvalue weighted by Gasteiger charge is 2.20. The van der Waals surface area contributed by atoms with Crippen molar-refractivity contribution in [3.8, 4) is 0 Å². The SMILES string of the molecule is CCn1nc(C)c(N)c1C(=O)NC(C)c1ccc(F)cc1. The summed E-state index contributed by atoms with van der Waals surface area (Å²) >= 11 is 0. The molecular formula is C15H19FN4O. The molecule has 1 aromatic carbocycles. The minimum absolute atomic E-state index is 0.252. The number of carbonyl (C=O) groups is 1. The number of halogens is 1. The standard InChI is InChI=1S/C15H19FN4O/c1-4-20-14(13(17)10(3)19-20)15(21)18-9(2)11-5-7-12(16)8-6-11/h5-9H,4,17H2,1-3H3,(H,18,21). The molecule has 2 rings (SSSR count). The maximum atomic E-state index is 12.9. The maximum absolute atomic E-state index is 12.9. The number of aromatic nitrogens is 2. The molecule has 2 aromatic rings. The molecule has 0 saturated heterocycles. The van der Waals surface area contributed by atoms with Crippen LogP contribution in [0, 0.1) is 12.7 Å². The second-order valence-corrected chi connectivity index (χ2v) is 4.91. The van der Waals surface area contributed by atoms with Crippen molar-refractivity contribution in [3.05, 3.63) is 47.0 Å². The number of nitrogens with two attached hydrogens (primary N) is 1. The van der Waals surface area contributed by atoms with Gasteiger partial charge in [0.15, 0.2) is 0 Å². The third-order valence-corrected chi connectivity index (χ3v) is 3.41. The molecule has 0 spiro atoms. The number of benzene rings is 1. The first-order valence-corrected chi connectivity index (χ1v) is 6.83. The van der Waals surface area contributed by atoms with Gasteiger partial charge in [0.25, 0.3) is 5.91 Å². The smallest absolute Gasteiger partial charge is 0.272 e. The molecule has 112 valence electrons. The number of nitrogens with zero attached hydrogens (tertiary/aromatic N) is 2. The average Bonchev–Trinajstić information content (AvgIpc) is 2.74. The first-order valence-electron chi connectivity index (χ1n) is 6.83. The Morgan fingerprint density at radius 3 is 2.62 bits per heavy atom. The molecule has 1 aromatic heterocycles. The number of hydrogen-bond acceptors (Lipinski definition) is 3. The molecule has 1 atom stereocenters. The van der Waals surface area contributed by atoms with Gasteiger partial charge in [-0.25, -0.2) is 4.39 Å². The molecule has 1 unspecified atom stereocenters. The van der Waals surface area contributed by atoms with Crippen LogP contribution in [0.2, 0.25) is 0 Å². The zero-order valence-electron chi connectivity index (χ0n) is 12.4. The highest BCUT2D eigenvalue weighted by molar-refractivity contribution is 5.98. The normalized spacial score (nSPS) is 12.2. The second-order valence-electron chi connectivity index (χ2n) is 4.91. The van der Waals surface area contributed by atoms with Crippen LogP contribution in [0.5, 0.6) is 0 Å². The van der Waals surface area contributed by atoms with E-state index in [1.165, 1.54) is 12.1 Å². The summed E-state index contributed by atoms with van der Waals surface area (Å²) < 4.78 is 14.5. The Morgan fingerprint density at radius 1 is 1.43 bits per heavy atom. The van der Waals surface area contributed by atoms with Crippen LogP contribution in [-0.2, 0) is 6.54 Å². The van der Waals surface area contributed by atoms with Crippen molar-refractivity contribution in [2.75, 3.05) is 5.73 Å². The Labute approximate surface area is 123 Å². The fourth-order valence-corrected chi connectivity index (χ4v) is 2.16. The van der Waals surface area contributed by atoms with E-state index in [9.17, 15) is 9.18 Å². The molecule has 1 amide bonds. The number of anilines is 1. The number of nitrogen functional groups attached to an aromatic ring is 1. The van der Waals surface area contributed by atoms with Crippen LogP contribution in [0.3, 0.4) is 0 Å². The van der Waals surface area contributed by atoms with E-state index in [0.717, 1.165) is 5.56 Å². The third-order valence-electron chi connectivity index (χ3n) is 3.41. The lowest BCUT2D eigenvalue weighted by Gasteiger charge is -2.15. The Balaban J connectivity index is 2.20. The lowest BCUT2D eigenvalue weighted by molar-refractivity contribution is 0.0930. The molecule has 0 aliphatic rings. The molecule has 3 N–H and O–H groups in total. The quantitative estimate of drug-likeness (QED) is 0.908. The van der Waals surface area contributed by atoms with Crippen molar-refractivity contribution in [1.82, 2.24) is 15.1 Å². The van der Waals surface area contributed by atoms with Gasteiger partial charge in [0.1, 0.15) is 11.5 Å². The number of nitrogens with one attached hydrogen (secondary N) is 1.